The first-order valence-corrected chi connectivity index (χ1v) is 9.45. The van der Waals surface area contributed by atoms with E-state index < -0.39 is 0 Å². The molecular weight excluding hydrogens is 368 g/mol. The first-order valence-electron chi connectivity index (χ1n) is 6.96. The van der Waals surface area contributed by atoms with Crippen molar-refractivity contribution < 1.29 is 4.79 Å². The molecular formula is C15H17BrN2OS2. The number of hydrogen-bond donors (Lipinski definition) is 1. The summed E-state index contributed by atoms with van der Waals surface area (Å²) in [5.41, 5.74) is 1.45. The van der Waals surface area contributed by atoms with Gasteiger partial charge in [0.25, 0.3) is 5.91 Å². The lowest BCUT2D eigenvalue weighted by atomic mass is 10.1. The summed E-state index contributed by atoms with van der Waals surface area (Å²) in [5, 5.41) is 5.21. The summed E-state index contributed by atoms with van der Waals surface area (Å²) in [5.74, 6) is 0.0192. The zero-order valence-electron chi connectivity index (χ0n) is 11.8. The lowest BCUT2D eigenvalue weighted by Crippen LogP contribution is -2.44. The molecule has 0 saturated carbocycles. The van der Waals surface area contributed by atoms with Crippen molar-refractivity contribution in [2.24, 2.45) is 0 Å². The van der Waals surface area contributed by atoms with Crippen LogP contribution in [0.25, 0.3) is 0 Å². The Balaban J connectivity index is 1.53. The lowest BCUT2D eigenvalue weighted by molar-refractivity contribution is 0.0937. The van der Waals surface area contributed by atoms with E-state index in [0.717, 1.165) is 28.2 Å². The minimum absolute atomic E-state index is 0.0192. The highest BCUT2D eigenvalue weighted by molar-refractivity contribution is 9.11. The molecule has 0 fully saturated rings. The molecule has 0 saturated heterocycles. The molecule has 112 valence electrons. The fraction of sp³-hybridized carbons (Fsp3) is 0.400. The van der Waals surface area contributed by atoms with Gasteiger partial charge < -0.3 is 5.32 Å². The lowest BCUT2D eigenvalue weighted by Gasteiger charge is -2.32. The average molecular weight is 385 g/mol. The van der Waals surface area contributed by atoms with E-state index in [-0.39, 0.29) is 5.91 Å². The summed E-state index contributed by atoms with van der Waals surface area (Å²) in [6, 6.07) is 6.34. The minimum Gasteiger partial charge on any atom is -0.350 e. The Hall–Kier alpha value is -0.690. The summed E-state index contributed by atoms with van der Waals surface area (Å²) in [7, 11) is 0. The number of carbonyl (C=O) groups is 1. The van der Waals surface area contributed by atoms with Gasteiger partial charge in [0, 0.05) is 30.6 Å². The van der Waals surface area contributed by atoms with E-state index in [1.165, 1.54) is 21.8 Å². The van der Waals surface area contributed by atoms with Gasteiger partial charge in [-0.1, -0.05) is 0 Å². The van der Waals surface area contributed by atoms with Crippen LogP contribution in [-0.2, 0) is 13.0 Å². The fourth-order valence-corrected chi connectivity index (χ4v) is 4.73. The summed E-state index contributed by atoms with van der Waals surface area (Å²) >= 11 is 6.71. The molecule has 0 radical (unpaired) electrons. The van der Waals surface area contributed by atoms with Crippen LogP contribution in [0.3, 0.4) is 0 Å². The molecule has 1 N–H and O–H groups in total. The van der Waals surface area contributed by atoms with Gasteiger partial charge in [0.15, 0.2) is 0 Å². The van der Waals surface area contributed by atoms with Gasteiger partial charge in [0.1, 0.15) is 0 Å². The van der Waals surface area contributed by atoms with Crippen molar-refractivity contribution >= 4 is 44.5 Å². The Morgan fingerprint density at radius 3 is 3.10 bits per heavy atom. The third-order valence-electron chi connectivity index (χ3n) is 3.82. The van der Waals surface area contributed by atoms with Crippen molar-refractivity contribution in [1.82, 2.24) is 10.2 Å². The third kappa shape index (κ3) is 3.56. The van der Waals surface area contributed by atoms with E-state index in [1.54, 1.807) is 0 Å². The number of halogens is 1. The molecule has 3 rings (SSSR count). The number of thiophene rings is 2. The molecule has 1 atom stereocenters. The van der Waals surface area contributed by atoms with Gasteiger partial charge in [0.05, 0.1) is 8.66 Å². The van der Waals surface area contributed by atoms with Crippen molar-refractivity contribution in [3.8, 4) is 0 Å². The van der Waals surface area contributed by atoms with Crippen molar-refractivity contribution in [1.29, 1.82) is 0 Å². The molecule has 1 unspecified atom stereocenters. The molecule has 1 amide bonds. The van der Waals surface area contributed by atoms with Crippen molar-refractivity contribution in [3.63, 3.8) is 0 Å². The third-order valence-corrected chi connectivity index (χ3v) is 6.46. The van der Waals surface area contributed by atoms with Crippen molar-refractivity contribution in [2.75, 3.05) is 13.1 Å². The molecule has 1 aliphatic rings. The first kappa shape index (κ1) is 15.2. The number of rotatable bonds is 4. The Morgan fingerprint density at radius 1 is 1.48 bits per heavy atom. The molecule has 6 heteroatoms. The average Bonchev–Trinajstić information content (AvgIpc) is 3.12. The van der Waals surface area contributed by atoms with Gasteiger partial charge in [0.2, 0.25) is 0 Å². The van der Waals surface area contributed by atoms with Gasteiger partial charge in [-0.2, -0.15) is 0 Å². The van der Waals surface area contributed by atoms with Crippen molar-refractivity contribution in [2.45, 2.75) is 25.9 Å². The van der Waals surface area contributed by atoms with Crippen molar-refractivity contribution in [3.05, 3.63) is 42.7 Å². The highest BCUT2D eigenvalue weighted by Gasteiger charge is 2.21. The molecule has 1 aliphatic heterocycles. The maximum absolute atomic E-state index is 12.1. The number of nitrogens with zero attached hydrogens (tertiary/aromatic N) is 1. The maximum Gasteiger partial charge on any atom is 0.261 e. The SMILES string of the molecule is CC(CNC(=O)c1ccc(Br)s1)N1CCc2sccc2C1. The molecule has 0 aliphatic carbocycles. The largest absolute Gasteiger partial charge is 0.350 e. The van der Waals surface area contributed by atoms with Crippen LogP contribution in [0.4, 0.5) is 0 Å². The zero-order valence-corrected chi connectivity index (χ0v) is 15.0. The summed E-state index contributed by atoms with van der Waals surface area (Å²) < 4.78 is 0.988. The van der Waals surface area contributed by atoms with Gasteiger partial charge in [-0.25, -0.2) is 0 Å². The highest BCUT2D eigenvalue weighted by Crippen LogP contribution is 2.25. The quantitative estimate of drug-likeness (QED) is 0.870. The van der Waals surface area contributed by atoms with Crippen LogP contribution in [0.2, 0.25) is 0 Å². The molecule has 2 aromatic heterocycles. The van der Waals surface area contributed by atoms with Gasteiger partial charge in [-0.15, -0.1) is 22.7 Å². The predicted molar refractivity (Wildman–Crippen MR) is 92.2 cm³/mol. The molecule has 0 aromatic carbocycles. The van der Waals surface area contributed by atoms with Crippen LogP contribution in [-0.4, -0.2) is 29.9 Å². The first-order chi connectivity index (χ1) is 10.1. The number of fused-ring (bicyclic) bond motifs is 1. The van der Waals surface area contributed by atoms with E-state index in [9.17, 15) is 4.79 Å². The summed E-state index contributed by atoms with van der Waals surface area (Å²) in [6.07, 6.45) is 1.13. The maximum atomic E-state index is 12.1. The zero-order chi connectivity index (χ0) is 14.8. The standard InChI is InChI=1S/C15H17BrN2OS2/c1-10(8-17-15(19)13-2-3-14(16)21-13)18-6-4-12-11(9-18)5-7-20-12/h2-3,5,7,10H,4,6,8-9H2,1H3,(H,17,19). The Kier molecular flexibility index (Phi) is 4.78. The number of hydrogen-bond acceptors (Lipinski definition) is 4. The van der Waals surface area contributed by atoms with E-state index in [4.69, 9.17) is 0 Å². The number of nitrogens with one attached hydrogen (secondary N) is 1. The molecule has 0 spiro atoms. The second kappa shape index (κ2) is 6.60. The van der Waals surface area contributed by atoms with Crippen LogP contribution < -0.4 is 5.32 Å². The second-order valence-corrected chi connectivity index (χ2v) is 8.72. The Morgan fingerprint density at radius 2 is 2.33 bits per heavy atom. The second-order valence-electron chi connectivity index (χ2n) is 5.25. The fourth-order valence-electron chi connectivity index (χ4n) is 2.54. The molecule has 3 heterocycles. The van der Waals surface area contributed by atoms with Gasteiger partial charge in [-0.3, -0.25) is 9.69 Å². The Labute approximate surface area is 141 Å². The smallest absolute Gasteiger partial charge is 0.261 e. The van der Waals surface area contributed by atoms with E-state index >= 15 is 0 Å². The number of carbonyl (C=O) groups excluding carboxylic acids is 1. The predicted octanol–water partition coefficient (Wildman–Crippen LogP) is 3.75. The molecule has 3 nitrogen and oxygen atoms in total. The summed E-state index contributed by atoms with van der Waals surface area (Å²) in [4.78, 5) is 16.8. The topological polar surface area (TPSA) is 32.3 Å². The van der Waals surface area contributed by atoms with Crippen LogP contribution in [0.5, 0.6) is 0 Å². The highest BCUT2D eigenvalue weighted by atomic mass is 79.9. The van der Waals surface area contributed by atoms with Crippen LogP contribution in [0.1, 0.15) is 27.0 Å². The van der Waals surface area contributed by atoms with Gasteiger partial charge >= 0.3 is 0 Å². The van der Waals surface area contributed by atoms with E-state index in [0.29, 0.717) is 12.6 Å². The monoisotopic (exact) mass is 384 g/mol. The number of amides is 1. The molecule has 2 aromatic rings. The van der Waals surface area contributed by atoms with Crippen LogP contribution in [0.15, 0.2) is 27.4 Å². The van der Waals surface area contributed by atoms with E-state index in [2.05, 4.69) is 44.5 Å². The Bertz CT molecular complexity index is 637. The summed E-state index contributed by atoms with van der Waals surface area (Å²) in [6.45, 7) is 4.95. The molecule has 0 bridgehead atoms. The van der Waals surface area contributed by atoms with Crippen LogP contribution >= 0.6 is 38.6 Å². The molecule has 21 heavy (non-hydrogen) atoms. The van der Waals surface area contributed by atoms with Gasteiger partial charge in [-0.05, 0) is 58.4 Å². The van der Waals surface area contributed by atoms with E-state index in [1.807, 2.05) is 23.5 Å². The minimum atomic E-state index is 0.0192. The van der Waals surface area contributed by atoms with Crippen LogP contribution in [0, 0.1) is 0 Å². The normalized spacial score (nSPS) is 16.5.